The Bertz CT molecular complexity index is 365. The van der Waals surface area contributed by atoms with Crippen LogP contribution >= 0.6 is 0 Å². The molecule has 0 fully saturated rings. The van der Waals surface area contributed by atoms with Gasteiger partial charge in [-0.3, -0.25) is 0 Å². The summed E-state index contributed by atoms with van der Waals surface area (Å²) in [5.41, 5.74) is 0.618. The summed E-state index contributed by atoms with van der Waals surface area (Å²) in [5.74, 6) is 0.752. The summed E-state index contributed by atoms with van der Waals surface area (Å²) in [6, 6.07) is 5.72. The fourth-order valence-corrected chi connectivity index (χ4v) is 1.45. The highest BCUT2D eigenvalue weighted by Gasteiger charge is 2.09. The first kappa shape index (κ1) is 11.3. The maximum atomic E-state index is 8.96. The standard InChI is InChI=1S/C12H15N3/c1-3-8-15(9-4-2)12-11(10-13)6-5-7-14-12/h3,5-7H,1,4,8-9H2,2H3. The van der Waals surface area contributed by atoms with Gasteiger partial charge in [0, 0.05) is 19.3 Å². The lowest BCUT2D eigenvalue weighted by atomic mass is 10.2. The third-order valence-electron chi connectivity index (χ3n) is 2.05. The Morgan fingerprint density at radius 2 is 2.47 bits per heavy atom. The maximum absolute atomic E-state index is 8.96. The molecule has 1 rings (SSSR count). The predicted molar refractivity (Wildman–Crippen MR) is 61.7 cm³/mol. The van der Waals surface area contributed by atoms with Crippen molar-refractivity contribution in [3.63, 3.8) is 0 Å². The van der Waals surface area contributed by atoms with E-state index in [0.717, 1.165) is 25.3 Å². The van der Waals surface area contributed by atoms with Gasteiger partial charge in [-0.05, 0) is 18.6 Å². The van der Waals surface area contributed by atoms with Crippen molar-refractivity contribution < 1.29 is 0 Å². The van der Waals surface area contributed by atoms with Gasteiger partial charge < -0.3 is 4.90 Å². The molecule has 0 aliphatic carbocycles. The van der Waals surface area contributed by atoms with E-state index in [1.165, 1.54) is 0 Å². The molecule has 0 saturated heterocycles. The summed E-state index contributed by atoms with van der Waals surface area (Å²) in [6.45, 7) is 7.42. The van der Waals surface area contributed by atoms with E-state index in [4.69, 9.17) is 5.26 Å². The Balaban J connectivity index is 2.99. The van der Waals surface area contributed by atoms with E-state index in [2.05, 4.69) is 29.5 Å². The molecule has 1 aromatic heterocycles. The van der Waals surface area contributed by atoms with Gasteiger partial charge in [0.1, 0.15) is 11.9 Å². The highest BCUT2D eigenvalue weighted by atomic mass is 15.2. The second kappa shape index (κ2) is 5.82. The van der Waals surface area contributed by atoms with Crippen molar-refractivity contribution in [1.82, 2.24) is 4.98 Å². The number of hydrogen-bond acceptors (Lipinski definition) is 3. The Morgan fingerprint density at radius 3 is 3.07 bits per heavy atom. The molecule has 0 aromatic carbocycles. The van der Waals surface area contributed by atoms with Crippen LogP contribution in [0, 0.1) is 11.3 Å². The number of aromatic nitrogens is 1. The van der Waals surface area contributed by atoms with Crippen molar-refractivity contribution in [2.24, 2.45) is 0 Å². The molecule has 15 heavy (non-hydrogen) atoms. The van der Waals surface area contributed by atoms with Gasteiger partial charge in [0.15, 0.2) is 0 Å². The molecule has 0 amide bonds. The van der Waals surface area contributed by atoms with E-state index in [-0.39, 0.29) is 0 Å². The largest absolute Gasteiger partial charge is 0.352 e. The van der Waals surface area contributed by atoms with Crippen LogP contribution in [0.5, 0.6) is 0 Å². The molecule has 3 nitrogen and oxygen atoms in total. The second-order valence-corrected chi connectivity index (χ2v) is 3.22. The van der Waals surface area contributed by atoms with Gasteiger partial charge in [0.25, 0.3) is 0 Å². The Kier molecular flexibility index (Phi) is 4.36. The van der Waals surface area contributed by atoms with Gasteiger partial charge in [-0.2, -0.15) is 5.26 Å². The van der Waals surface area contributed by atoms with Crippen LogP contribution in [0.2, 0.25) is 0 Å². The first-order valence-corrected chi connectivity index (χ1v) is 5.04. The first-order valence-electron chi connectivity index (χ1n) is 5.04. The van der Waals surface area contributed by atoms with Gasteiger partial charge in [-0.15, -0.1) is 6.58 Å². The molecule has 1 heterocycles. The normalized spacial score (nSPS) is 9.33. The number of anilines is 1. The molecule has 0 saturated carbocycles. The average molecular weight is 201 g/mol. The summed E-state index contributed by atoms with van der Waals surface area (Å²) < 4.78 is 0. The Morgan fingerprint density at radius 1 is 1.67 bits per heavy atom. The third kappa shape index (κ3) is 2.81. The zero-order valence-corrected chi connectivity index (χ0v) is 8.98. The van der Waals surface area contributed by atoms with Gasteiger partial charge in [-0.1, -0.05) is 13.0 Å². The average Bonchev–Trinajstić information content (AvgIpc) is 2.29. The van der Waals surface area contributed by atoms with Gasteiger partial charge >= 0.3 is 0 Å². The van der Waals surface area contributed by atoms with Crippen LogP contribution in [-0.2, 0) is 0 Å². The summed E-state index contributed by atoms with van der Waals surface area (Å²) in [4.78, 5) is 6.30. The van der Waals surface area contributed by atoms with Crippen molar-refractivity contribution in [3.8, 4) is 6.07 Å². The zero-order valence-electron chi connectivity index (χ0n) is 8.98. The van der Waals surface area contributed by atoms with E-state index in [1.807, 2.05) is 6.08 Å². The second-order valence-electron chi connectivity index (χ2n) is 3.22. The molecule has 0 spiro atoms. The van der Waals surface area contributed by atoms with E-state index < -0.39 is 0 Å². The Hall–Kier alpha value is -1.82. The van der Waals surface area contributed by atoms with Crippen LogP contribution in [-0.4, -0.2) is 18.1 Å². The third-order valence-corrected chi connectivity index (χ3v) is 2.05. The van der Waals surface area contributed by atoms with Gasteiger partial charge in [0.05, 0.1) is 5.56 Å². The van der Waals surface area contributed by atoms with E-state index in [0.29, 0.717) is 5.56 Å². The summed E-state index contributed by atoms with van der Waals surface area (Å²) in [5, 5.41) is 8.96. The molecule has 0 N–H and O–H groups in total. The molecule has 0 aliphatic heterocycles. The minimum absolute atomic E-state index is 0.618. The van der Waals surface area contributed by atoms with Crippen molar-refractivity contribution in [3.05, 3.63) is 36.5 Å². The SMILES string of the molecule is C=CCN(CCC)c1ncccc1C#N. The lowest BCUT2D eigenvalue weighted by molar-refractivity contribution is 0.801. The molecule has 0 bridgehead atoms. The number of pyridine rings is 1. The van der Waals surface area contributed by atoms with Crippen LogP contribution in [0.3, 0.4) is 0 Å². The van der Waals surface area contributed by atoms with E-state index in [1.54, 1.807) is 18.3 Å². The topological polar surface area (TPSA) is 39.9 Å². The molecule has 78 valence electrons. The number of nitriles is 1. The van der Waals surface area contributed by atoms with Crippen molar-refractivity contribution >= 4 is 5.82 Å². The van der Waals surface area contributed by atoms with E-state index >= 15 is 0 Å². The maximum Gasteiger partial charge on any atom is 0.146 e. The lowest BCUT2D eigenvalue weighted by Crippen LogP contribution is -2.25. The summed E-state index contributed by atoms with van der Waals surface area (Å²) in [7, 11) is 0. The van der Waals surface area contributed by atoms with Gasteiger partial charge in [0.2, 0.25) is 0 Å². The van der Waals surface area contributed by atoms with Crippen molar-refractivity contribution in [2.75, 3.05) is 18.0 Å². The molecule has 0 atom stereocenters. The Labute approximate surface area is 90.7 Å². The number of rotatable bonds is 5. The molecule has 1 aromatic rings. The van der Waals surface area contributed by atoms with Crippen LogP contribution in [0.1, 0.15) is 18.9 Å². The first-order chi connectivity index (χ1) is 7.33. The molecule has 0 aliphatic rings. The molecule has 0 unspecified atom stereocenters. The van der Waals surface area contributed by atoms with Crippen molar-refractivity contribution in [2.45, 2.75) is 13.3 Å². The monoisotopic (exact) mass is 201 g/mol. The van der Waals surface area contributed by atoms with E-state index in [9.17, 15) is 0 Å². The lowest BCUT2D eigenvalue weighted by Gasteiger charge is -2.22. The summed E-state index contributed by atoms with van der Waals surface area (Å²) in [6.07, 6.45) is 4.56. The van der Waals surface area contributed by atoms with Crippen LogP contribution in [0.25, 0.3) is 0 Å². The molecular formula is C12H15N3. The minimum Gasteiger partial charge on any atom is -0.352 e. The smallest absolute Gasteiger partial charge is 0.146 e. The van der Waals surface area contributed by atoms with Crippen LogP contribution in [0.4, 0.5) is 5.82 Å². The molecule has 0 radical (unpaired) electrons. The highest BCUT2D eigenvalue weighted by molar-refractivity contribution is 5.53. The quantitative estimate of drug-likeness (QED) is 0.686. The van der Waals surface area contributed by atoms with Crippen LogP contribution < -0.4 is 4.90 Å². The molecule has 3 heteroatoms. The zero-order chi connectivity index (χ0) is 11.1. The minimum atomic E-state index is 0.618. The van der Waals surface area contributed by atoms with Crippen molar-refractivity contribution in [1.29, 1.82) is 5.26 Å². The fraction of sp³-hybridized carbons (Fsp3) is 0.333. The van der Waals surface area contributed by atoms with Gasteiger partial charge in [-0.25, -0.2) is 4.98 Å². The highest BCUT2D eigenvalue weighted by Crippen LogP contribution is 2.16. The number of hydrogen-bond donors (Lipinski definition) is 0. The fourth-order valence-electron chi connectivity index (χ4n) is 1.45. The predicted octanol–water partition coefficient (Wildman–Crippen LogP) is 2.36. The summed E-state index contributed by atoms with van der Waals surface area (Å²) >= 11 is 0. The molecular weight excluding hydrogens is 186 g/mol. The number of nitrogens with zero attached hydrogens (tertiary/aromatic N) is 3. The van der Waals surface area contributed by atoms with Crippen LogP contribution in [0.15, 0.2) is 31.0 Å².